The second-order valence-corrected chi connectivity index (χ2v) is 5.27. The summed E-state index contributed by atoms with van der Waals surface area (Å²) in [6, 6.07) is 0. The molecule has 19 heavy (non-hydrogen) atoms. The molecule has 0 aromatic carbocycles. The number of nitrogens with zero attached hydrogens (tertiary/aromatic N) is 3. The molecule has 2 heterocycles. The third-order valence-electron chi connectivity index (χ3n) is 3.04. The number of nitrogens with one attached hydrogen (secondary N) is 2. The first-order valence-electron chi connectivity index (χ1n) is 6.21. The van der Waals surface area contributed by atoms with Gasteiger partial charge in [-0.05, 0) is 11.8 Å². The molecule has 2 rings (SSSR count). The van der Waals surface area contributed by atoms with Gasteiger partial charge in [-0.3, -0.25) is 0 Å². The zero-order valence-electron chi connectivity index (χ0n) is 11.2. The Balaban J connectivity index is 2.22. The van der Waals surface area contributed by atoms with Crippen LogP contribution < -0.4 is 16.6 Å². The van der Waals surface area contributed by atoms with Crippen LogP contribution in [0.3, 0.4) is 0 Å². The van der Waals surface area contributed by atoms with Gasteiger partial charge in [-0.1, -0.05) is 13.8 Å². The summed E-state index contributed by atoms with van der Waals surface area (Å²) in [4.78, 5) is 8.62. The number of hydrogen-bond donors (Lipinski definition) is 4. The number of aliphatic hydroxyl groups excluding tert-OH is 1. The van der Waals surface area contributed by atoms with Crippen molar-refractivity contribution in [2.24, 2.45) is 11.3 Å². The molecule has 0 atom stereocenters. The summed E-state index contributed by atoms with van der Waals surface area (Å²) in [5, 5.41) is 12.3. The highest BCUT2D eigenvalue weighted by atomic mass is 16.3. The maximum atomic E-state index is 9.03. The second-order valence-electron chi connectivity index (χ2n) is 5.27. The molecule has 0 aliphatic carbocycles. The van der Waals surface area contributed by atoms with Gasteiger partial charge in [0.2, 0.25) is 0 Å². The van der Waals surface area contributed by atoms with Gasteiger partial charge in [0, 0.05) is 25.5 Å². The molecule has 104 valence electrons. The summed E-state index contributed by atoms with van der Waals surface area (Å²) >= 11 is 0. The van der Waals surface area contributed by atoms with Crippen molar-refractivity contribution in [1.29, 1.82) is 0 Å². The first-order chi connectivity index (χ1) is 9.05. The summed E-state index contributed by atoms with van der Waals surface area (Å²) in [5.74, 6) is 6.64. The van der Waals surface area contributed by atoms with Crippen molar-refractivity contribution in [3.63, 3.8) is 0 Å². The fourth-order valence-corrected chi connectivity index (χ4v) is 1.83. The smallest absolute Gasteiger partial charge is 0.180 e. The van der Waals surface area contributed by atoms with E-state index in [-0.39, 0.29) is 12.0 Å². The van der Waals surface area contributed by atoms with Crippen molar-refractivity contribution < 1.29 is 5.11 Å². The van der Waals surface area contributed by atoms with Crippen LogP contribution >= 0.6 is 0 Å². The lowest BCUT2D eigenvalue weighted by atomic mass is 9.90. The van der Waals surface area contributed by atoms with E-state index in [1.807, 2.05) is 10.6 Å². The number of fused-ring (bicyclic) bond motifs is 1. The molecular formula is C12H20N6O. The van der Waals surface area contributed by atoms with Gasteiger partial charge >= 0.3 is 0 Å². The maximum Gasteiger partial charge on any atom is 0.180 e. The Labute approximate surface area is 111 Å². The number of aliphatic hydroxyl groups is 1. The van der Waals surface area contributed by atoms with Crippen LogP contribution in [0.5, 0.6) is 0 Å². The van der Waals surface area contributed by atoms with Crippen LogP contribution in [0.2, 0.25) is 0 Å². The largest absolute Gasteiger partial charge is 0.396 e. The van der Waals surface area contributed by atoms with Crippen molar-refractivity contribution in [2.45, 2.75) is 20.3 Å². The number of hydrazine groups is 1. The molecule has 0 fully saturated rings. The van der Waals surface area contributed by atoms with Crippen molar-refractivity contribution in [1.82, 2.24) is 14.4 Å². The summed E-state index contributed by atoms with van der Waals surface area (Å²) in [6.07, 6.45) is 6.04. The van der Waals surface area contributed by atoms with E-state index in [0.717, 1.165) is 12.1 Å². The number of aromatic nitrogens is 3. The molecule has 5 N–H and O–H groups in total. The number of rotatable bonds is 6. The van der Waals surface area contributed by atoms with Gasteiger partial charge in [0.05, 0.1) is 6.20 Å². The van der Waals surface area contributed by atoms with Gasteiger partial charge in [-0.15, -0.1) is 0 Å². The third-order valence-corrected chi connectivity index (χ3v) is 3.04. The van der Waals surface area contributed by atoms with E-state index in [1.54, 1.807) is 12.4 Å². The molecule has 7 nitrogen and oxygen atoms in total. The SMILES string of the molecule is CC(C)(CCO)CNc1nc(NN)cn2ccnc12. The molecule has 7 heteroatoms. The minimum atomic E-state index is -0.0217. The van der Waals surface area contributed by atoms with Gasteiger partial charge < -0.3 is 20.2 Å². The maximum absolute atomic E-state index is 9.03. The lowest BCUT2D eigenvalue weighted by Gasteiger charge is -2.24. The topological polar surface area (TPSA) is 100 Å². The zero-order chi connectivity index (χ0) is 13.9. The summed E-state index contributed by atoms with van der Waals surface area (Å²) in [7, 11) is 0. The van der Waals surface area contributed by atoms with Gasteiger partial charge in [0.25, 0.3) is 0 Å². The minimum Gasteiger partial charge on any atom is -0.396 e. The molecule has 0 aliphatic heterocycles. The Kier molecular flexibility index (Phi) is 3.87. The monoisotopic (exact) mass is 264 g/mol. The van der Waals surface area contributed by atoms with Crippen LogP contribution in [0, 0.1) is 5.41 Å². The summed E-state index contributed by atoms with van der Waals surface area (Å²) in [5.41, 5.74) is 3.26. The van der Waals surface area contributed by atoms with Gasteiger partial charge in [0.1, 0.15) is 0 Å². The Bertz CT molecular complexity index is 550. The number of anilines is 2. The van der Waals surface area contributed by atoms with E-state index in [1.165, 1.54) is 0 Å². The van der Waals surface area contributed by atoms with Crippen molar-refractivity contribution in [3.8, 4) is 0 Å². The van der Waals surface area contributed by atoms with Gasteiger partial charge in [-0.2, -0.15) is 0 Å². The molecule has 0 bridgehead atoms. The van der Waals surface area contributed by atoms with E-state index < -0.39 is 0 Å². The molecule has 0 aliphatic rings. The van der Waals surface area contributed by atoms with E-state index in [2.05, 4.69) is 34.6 Å². The number of imidazole rings is 1. The molecule has 0 radical (unpaired) electrons. The second kappa shape index (κ2) is 5.41. The summed E-state index contributed by atoms with van der Waals surface area (Å²) < 4.78 is 1.85. The number of hydrogen-bond acceptors (Lipinski definition) is 6. The Hall–Kier alpha value is -1.86. The Morgan fingerprint density at radius 2 is 2.26 bits per heavy atom. The van der Waals surface area contributed by atoms with E-state index in [4.69, 9.17) is 10.9 Å². The van der Waals surface area contributed by atoms with Crippen LogP contribution in [0.4, 0.5) is 11.6 Å². The summed E-state index contributed by atoms with van der Waals surface area (Å²) in [6.45, 7) is 5.04. The van der Waals surface area contributed by atoms with Crippen LogP contribution in [0.1, 0.15) is 20.3 Å². The quantitative estimate of drug-likeness (QED) is 0.455. The van der Waals surface area contributed by atoms with E-state index in [9.17, 15) is 0 Å². The van der Waals surface area contributed by atoms with Gasteiger partial charge in [0.15, 0.2) is 17.3 Å². The molecule has 0 amide bonds. The van der Waals surface area contributed by atoms with Crippen molar-refractivity contribution >= 4 is 17.3 Å². The van der Waals surface area contributed by atoms with Crippen molar-refractivity contribution in [2.75, 3.05) is 23.9 Å². The molecular weight excluding hydrogens is 244 g/mol. The Morgan fingerprint density at radius 3 is 2.95 bits per heavy atom. The molecule has 0 saturated heterocycles. The van der Waals surface area contributed by atoms with E-state index >= 15 is 0 Å². The van der Waals surface area contributed by atoms with Crippen LogP contribution in [0.15, 0.2) is 18.6 Å². The minimum absolute atomic E-state index is 0.0217. The highest BCUT2D eigenvalue weighted by Crippen LogP contribution is 2.22. The predicted molar refractivity (Wildman–Crippen MR) is 74.8 cm³/mol. The van der Waals surface area contributed by atoms with Crippen LogP contribution in [-0.2, 0) is 0 Å². The average molecular weight is 264 g/mol. The van der Waals surface area contributed by atoms with Crippen LogP contribution in [0.25, 0.3) is 5.65 Å². The standard InChI is InChI=1S/C12H20N6O/c1-12(2,3-6-19)8-15-10-11-14-4-5-18(11)7-9(16-10)17-13/h4-5,7,17,19H,3,6,8,13H2,1-2H3,(H,15,16). The lowest BCUT2D eigenvalue weighted by molar-refractivity contribution is 0.220. The number of nitrogens with two attached hydrogens (primary N) is 1. The van der Waals surface area contributed by atoms with Gasteiger partial charge in [-0.25, -0.2) is 15.8 Å². The fraction of sp³-hybridized carbons (Fsp3) is 0.500. The van der Waals surface area contributed by atoms with Crippen LogP contribution in [-0.4, -0.2) is 32.6 Å². The lowest BCUT2D eigenvalue weighted by Crippen LogP contribution is -2.25. The molecule has 0 saturated carbocycles. The molecule has 0 spiro atoms. The highest BCUT2D eigenvalue weighted by molar-refractivity contribution is 5.65. The Morgan fingerprint density at radius 1 is 1.47 bits per heavy atom. The first-order valence-corrected chi connectivity index (χ1v) is 6.21. The third kappa shape index (κ3) is 3.12. The number of nitrogen functional groups attached to an aromatic ring is 1. The predicted octanol–water partition coefficient (Wildman–Crippen LogP) is 0.835. The fourth-order valence-electron chi connectivity index (χ4n) is 1.83. The van der Waals surface area contributed by atoms with E-state index in [0.29, 0.717) is 18.2 Å². The molecule has 2 aromatic heterocycles. The van der Waals surface area contributed by atoms with Crippen molar-refractivity contribution in [3.05, 3.63) is 18.6 Å². The highest BCUT2D eigenvalue weighted by Gasteiger charge is 2.18. The zero-order valence-corrected chi connectivity index (χ0v) is 11.2. The average Bonchev–Trinajstić information content (AvgIpc) is 2.83. The first kappa shape index (κ1) is 13.6. The normalized spacial score (nSPS) is 11.8. The molecule has 2 aromatic rings. The molecule has 0 unspecified atom stereocenters.